The molecule has 16 heavy (non-hydrogen) atoms. The summed E-state index contributed by atoms with van der Waals surface area (Å²) in [7, 11) is 3.45. The predicted molar refractivity (Wildman–Crippen MR) is 61.7 cm³/mol. The van der Waals surface area contributed by atoms with Gasteiger partial charge in [-0.1, -0.05) is 12.1 Å². The van der Waals surface area contributed by atoms with Gasteiger partial charge in [0.15, 0.2) is 0 Å². The van der Waals surface area contributed by atoms with Crippen molar-refractivity contribution in [3.05, 3.63) is 29.8 Å². The Morgan fingerprint density at radius 3 is 2.50 bits per heavy atom. The molecule has 1 aromatic carbocycles. The van der Waals surface area contributed by atoms with E-state index >= 15 is 0 Å². The van der Waals surface area contributed by atoms with Crippen LogP contribution in [0.25, 0.3) is 0 Å². The van der Waals surface area contributed by atoms with Crippen LogP contribution in [0.5, 0.6) is 5.75 Å². The molecule has 88 valence electrons. The zero-order valence-electron chi connectivity index (χ0n) is 9.56. The van der Waals surface area contributed by atoms with E-state index < -0.39 is 5.97 Å². The lowest BCUT2D eigenvalue weighted by Gasteiger charge is -2.15. The van der Waals surface area contributed by atoms with E-state index in [1.54, 1.807) is 7.11 Å². The smallest absolute Gasteiger partial charge is 0.303 e. The molecule has 0 aromatic heterocycles. The Hall–Kier alpha value is -1.55. The summed E-state index contributed by atoms with van der Waals surface area (Å²) in [6.07, 6.45) is 0.746. The van der Waals surface area contributed by atoms with Gasteiger partial charge in [-0.25, -0.2) is 0 Å². The third-order valence-corrected chi connectivity index (χ3v) is 2.51. The minimum absolute atomic E-state index is 0.0713. The van der Waals surface area contributed by atoms with E-state index in [0.717, 1.165) is 11.3 Å². The number of methoxy groups -OCH3 is 1. The van der Waals surface area contributed by atoms with E-state index in [0.29, 0.717) is 6.42 Å². The van der Waals surface area contributed by atoms with Gasteiger partial charge in [0.2, 0.25) is 0 Å². The predicted octanol–water partition coefficient (Wildman–Crippen LogP) is 1.82. The number of carboxylic acid groups (broad SMARTS) is 1. The van der Waals surface area contributed by atoms with E-state index in [1.165, 1.54) is 0 Å². The number of benzene rings is 1. The third-order valence-electron chi connectivity index (χ3n) is 2.51. The molecule has 0 heterocycles. The van der Waals surface area contributed by atoms with Crippen LogP contribution < -0.4 is 10.1 Å². The van der Waals surface area contributed by atoms with Crippen LogP contribution in [0.3, 0.4) is 0 Å². The number of ether oxygens (including phenoxy) is 1. The number of hydrogen-bond acceptors (Lipinski definition) is 3. The van der Waals surface area contributed by atoms with Crippen molar-refractivity contribution in [3.63, 3.8) is 0 Å². The maximum atomic E-state index is 10.5. The average molecular weight is 223 g/mol. The Bertz CT molecular complexity index is 335. The molecule has 0 radical (unpaired) electrons. The highest BCUT2D eigenvalue weighted by molar-refractivity contribution is 5.66. The van der Waals surface area contributed by atoms with Crippen molar-refractivity contribution in [1.82, 2.24) is 5.32 Å². The molecule has 1 atom stereocenters. The fourth-order valence-electron chi connectivity index (χ4n) is 1.58. The normalized spacial score (nSPS) is 12.1. The summed E-state index contributed by atoms with van der Waals surface area (Å²) >= 11 is 0. The molecule has 0 aliphatic rings. The molecule has 4 heteroatoms. The largest absolute Gasteiger partial charge is 0.497 e. The van der Waals surface area contributed by atoms with Gasteiger partial charge in [-0.2, -0.15) is 0 Å². The minimum Gasteiger partial charge on any atom is -0.497 e. The molecule has 1 rings (SSSR count). The molecular weight excluding hydrogens is 206 g/mol. The summed E-state index contributed by atoms with van der Waals surface area (Å²) in [4.78, 5) is 10.5. The molecule has 2 N–H and O–H groups in total. The van der Waals surface area contributed by atoms with Crippen LogP contribution in [0.2, 0.25) is 0 Å². The number of carbonyl (C=O) groups is 1. The van der Waals surface area contributed by atoms with Gasteiger partial charge in [0.1, 0.15) is 5.75 Å². The highest BCUT2D eigenvalue weighted by Gasteiger charge is 2.10. The minimum atomic E-state index is -0.770. The average Bonchev–Trinajstić information content (AvgIpc) is 2.30. The van der Waals surface area contributed by atoms with Crippen molar-refractivity contribution in [2.75, 3.05) is 14.2 Å². The van der Waals surface area contributed by atoms with E-state index in [-0.39, 0.29) is 12.5 Å². The van der Waals surface area contributed by atoms with E-state index in [9.17, 15) is 4.79 Å². The van der Waals surface area contributed by atoms with Crippen LogP contribution in [0.4, 0.5) is 0 Å². The van der Waals surface area contributed by atoms with Gasteiger partial charge in [-0.3, -0.25) is 4.79 Å². The first-order chi connectivity index (χ1) is 7.67. The van der Waals surface area contributed by atoms with Crippen molar-refractivity contribution in [3.8, 4) is 5.75 Å². The Labute approximate surface area is 95.2 Å². The summed E-state index contributed by atoms with van der Waals surface area (Å²) in [5.74, 6) is 0.0330. The lowest BCUT2D eigenvalue weighted by molar-refractivity contribution is -0.137. The fraction of sp³-hybridized carbons (Fsp3) is 0.417. The molecule has 0 aliphatic carbocycles. The lowest BCUT2D eigenvalue weighted by Crippen LogP contribution is -2.17. The molecule has 0 bridgehead atoms. The monoisotopic (exact) mass is 223 g/mol. The molecule has 0 aliphatic heterocycles. The van der Waals surface area contributed by atoms with Crippen molar-refractivity contribution < 1.29 is 14.6 Å². The van der Waals surface area contributed by atoms with Gasteiger partial charge in [0.05, 0.1) is 7.11 Å². The van der Waals surface area contributed by atoms with Crippen molar-refractivity contribution in [2.24, 2.45) is 0 Å². The van der Waals surface area contributed by atoms with Gasteiger partial charge < -0.3 is 15.2 Å². The van der Waals surface area contributed by atoms with E-state index in [1.807, 2.05) is 31.3 Å². The molecule has 0 spiro atoms. The molecule has 0 saturated heterocycles. The van der Waals surface area contributed by atoms with Gasteiger partial charge in [0, 0.05) is 12.5 Å². The van der Waals surface area contributed by atoms with Gasteiger partial charge in [-0.15, -0.1) is 0 Å². The third kappa shape index (κ3) is 3.55. The van der Waals surface area contributed by atoms with Crippen LogP contribution >= 0.6 is 0 Å². The van der Waals surface area contributed by atoms with Crippen LogP contribution in [0, 0.1) is 0 Å². The second-order valence-electron chi connectivity index (χ2n) is 3.55. The van der Waals surface area contributed by atoms with Crippen LogP contribution in [0.1, 0.15) is 24.4 Å². The highest BCUT2D eigenvalue weighted by Crippen LogP contribution is 2.20. The first-order valence-electron chi connectivity index (χ1n) is 5.20. The van der Waals surface area contributed by atoms with Crippen LogP contribution in [0.15, 0.2) is 24.3 Å². The van der Waals surface area contributed by atoms with Gasteiger partial charge in [0.25, 0.3) is 0 Å². The lowest BCUT2D eigenvalue weighted by atomic mass is 10.0. The number of hydrogen-bond donors (Lipinski definition) is 2. The topological polar surface area (TPSA) is 58.6 Å². The Balaban J connectivity index is 2.66. The first kappa shape index (κ1) is 12.5. The zero-order chi connectivity index (χ0) is 12.0. The highest BCUT2D eigenvalue weighted by atomic mass is 16.5. The maximum absolute atomic E-state index is 10.5. The maximum Gasteiger partial charge on any atom is 0.303 e. The quantitative estimate of drug-likeness (QED) is 0.772. The van der Waals surface area contributed by atoms with Crippen molar-refractivity contribution in [1.29, 1.82) is 0 Å². The fourth-order valence-corrected chi connectivity index (χ4v) is 1.58. The Morgan fingerprint density at radius 2 is 2.06 bits per heavy atom. The molecular formula is C12H17NO3. The number of nitrogens with one attached hydrogen (secondary N) is 1. The molecule has 1 unspecified atom stereocenters. The van der Waals surface area contributed by atoms with Gasteiger partial charge >= 0.3 is 5.97 Å². The second-order valence-corrected chi connectivity index (χ2v) is 3.55. The summed E-state index contributed by atoms with van der Waals surface area (Å²) in [5, 5.41) is 11.7. The Kier molecular flexibility index (Phi) is 4.79. The number of rotatable bonds is 6. The number of aliphatic carboxylic acids is 1. The van der Waals surface area contributed by atoms with Crippen LogP contribution in [-0.2, 0) is 4.79 Å². The van der Waals surface area contributed by atoms with Crippen molar-refractivity contribution >= 4 is 5.97 Å². The summed E-state index contributed by atoms with van der Waals surface area (Å²) < 4.78 is 5.07. The molecule has 0 fully saturated rings. The summed E-state index contributed by atoms with van der Waals surface area (Å²) in [6, 6.07) is 7.71. The Morgan fingerprint density at radius 1 is 1.44 bits per heavy atom. The standard InChI is InChI=1S/C12H17NO3/c1-13-11(7-8-12(14)15)9-3-5-10(16-2)6-4-9/h3-6,11,13H,7-8H2,1-2H3,(H,14,15). The first-order valence-corrected chi connectivity index (χ1v) is 5.20. The van der Waals surface area contributed by atoms with Gasteiger partial charge in [-0.05, 0) is 31.2 Å². The van der Waals surface area contributed by atoms with Crippen molar-refractivity contribution in [2.45, 2.75) is 18.9 Å². The SMILES string of the molecule is CNC(CCC(=O)O)c1ccc(OC)cc1. The summed E-state index contributed by atoms with van der Waals surface area (Å²) in [6.45, 7) is 0. The molecule has 1 aromatic rings. The molecule has 4 nitrogen and oxygen atoms in total. The summed E-state index contributed by atoms with van der Waals surface area (Å²) in [5.41, 5.74) is 1.07. The van der Waals surface area contributed by atoms with E-state index in [2.05, 4.69) is 5.32 Å². The molecule has 0 amide bonds. The van der Waals surface area contributed by atoms with E-state index in [4.69, 9.17) is 9.84 Å². The van der Waals surface area contributed by atoms with Crippen LogP contribution in [-0.4, -0.2) is 25.2 Å². The molecule has 0 saturated carbocycles. The second kappa shape index (κ2) is 6.12. The zero-order valence-corrected chi connectivity index (χ0v) is 9.56. The number of carboxylic acids is 1.